The number of piperidine rings is 1. The van der Waals surface area contributed by atoms with Crippen LogP contribution >= 0.6 is 0 Å². The van der Waals surface area contributed by atoms with Gasteiger partial charge in [-0.15, -0.1) is 0 Å². The highest BCUT2D eigenvalue weighted by Crippen LogP contribution is 2.15. The molecule has 2 aliphatic heterocycles. The summed E-state index contributed by atoms with van der Waals surface area (Å²) < 4.78 is 5.60. The number of nitrogens with one attached hydrogen (secondary N) is 2. The van der Waals surface area contributed by atoms with E-state index in [1.165, 1.54) is 58.2 Å². The van der Waals surface area contributed by atoms with Crippen molar-refractivity contribution in [1.29, 1.82) is 0 Å². The van der Waals surface area contributed by atoms with Crippen LogP contribution in [-0.2, 0) is 4.74 Å². The summed E-state index contributed by atoms with van der Waals surface area (Å²) >= 11 is 0. The van der Waals surface area contributed by atoms with Gasteiger partial charge in [0, 0.05) is 6.61 Å². The summed E-state index contributed by atoms with van der Waals surface area (Å²) in [6.45, 7) is 5.75. The minimum absolute atomic E-state index is 0.545. The fourth-order valence-corrected chi connectivity index (χ4v) is 2.74. The second-order valence-electron chi connectivity index (χ2n) is 5.17. The molecule has 0 amide bonds. The maximum atomic E-state index is 5.60. The highest BCUT2D eigenvalue weighted by molar-refractivity contribution is 4.70. The van der Waals surface area contributed by atoms with Gasteiger partial charge >= 0.3 is 0 Å². The van der Waals surface area contributed by atoms with E-state index < -0.39 is 0 Å². The number of hydrogen-bond acceptors (Lipinski definition) is 3. The van der Waals surface area contributed by atoms with E-state index >= 15 is 0 Å². The number of ether oxygens (including phenoxy) is 1. The second-order valence-corrected chi connectivity index (χ2v) is 5.17. The molecule has 16 heavy (non-hydrogen) atoms. The van der Waals surface area contributed by atoms with Crippen LogP contribution in [0.2, 0.25) is 0 Å². The zero-order valence-electron chi connectivity index (χ0n) is 10.3. The van der Waals surface area contributed by atoms with Crippen molar-refractivity contribution in [3.63, 3.8) is 0 Å². The van der Waals surface area contributed by atoms with Crippen LogP contribution in [0.4, 0.5) is 0 Å². The molecule has 2 rings (SSSR count). The van der Waals surface area contributed by atoms with Gasteiger partial charge in [0.25, 0.3) is 0 Å². The van der Waals surface area contributed by atoms with Crippen LogP contribution < -0.4 is 10.6 Å². The second kappa shape index (κ2) is 7.25. The molecule has 2 saturated heterocycles. The largest absolute Gasteiger partial charge is 0.378 e. The van der Waals surface area contributed by atoms with E-state index in [0.717, 1.165) is 19.1 Å². The molecule has 0 spiro atoms. The van der Waals surface area contributed by atoms with Gasteiger partial charge < -0.3 is 15.4 Å². The first kappa shape index (κ1) is 12.3. The first-order chi connectivity index (χ1) is 7.95. The molecule has 2 N–H and O–H groups in total. The van der Waals surface area contributed by atoms with E-state index in [1.807, 2.05) is 0 Å². The van der Waals surface area contributed by atoms with Gasteiger partial charge in [0.15, 0.2) is 0 Å². The predicted octanol–water partition coefficient (Wildman–Crippen LogP) is 1.53. The highest BCUT2D eigenvalue weighted by atomic mass is 16.5. The van der Waals surface area contributed by atoms with E-state index in [-0.39, 0.29) is 0 Å². The van der Waals surface area contributed by atoms with Crippen molar-refractivity contribution in [3.8, 4) is 0 Å². The smallest absolute Gasteiger partial charge is 0.0588 e. The summed E-state index contributed by atoms with van der Waals surface area (Å²) in [6, 6.07) is 0. The molecule has 2 atom stereocenters. The summed E-state index contributed by atoms with van der Waals surface area (Å²) in [5.41, 5.74) is 0. The summed E-state index contributed by atoms with van der Waals surface area (Å²) in [4.78, 5) is 0. The van der Waals surface area contributed by atoms with Crippen LogP contribution in [-0.4, -0.2) is 38.9 Å². The molecule has 0 saturated carbocycles. The highest BCUT2D eigenvalue weighted by Gasteiger charge is 2.15. The van der Waals surface area contributed by atoms with E-state index in [0.29, 0.717) is 6.10 Å². The third-order valence-corrected chi connectivity index (χ3v) is 3.80. The van der Waals surface area contributed by atoms with Gasteiger partial charge in [-0.05, 0) is 70.6 Å². The summed E-state index contributed by atoms with van der Waals surface area (Å²) in [6.07, 6.45) is 8.39. The van der Waals surface area contributed by atoms with Gasteiger partial charge in [-0.2, -0.15) is 0 Å². The maximum absolute atomic E-state index is 5.60. The van der Waals surface area contributed by atoms with Gasteiger partial charge in [-0.3, -0.25) is 0 Å². The van der Waals surface area contributed by atoms with E-state index in [9.17, 15) is 0 Å². The van der Waals surface area contributed by atoms with Crippen LogP contribution in [0.15, 0.2) is 0 Å². The molecular formula is C13H26N2O. The Hall–Kier alpha value is -0.120. The standard InChI is InChI=1S/C13H26N2O/c1-3-12(11-15-7-1)5-8-14-9-6-13-4-2-10-16-13/h12-15H,1-11H2. The van der Waals surface area contributed by atoms with Crippen LogP contribution in [0.25, 0.3) is 0 Å². The average molecular weight is 226 g/mol. The lowest BCUT2D eigenvalue weighted by Gasteiger charge is -2.22. The Morgan fingerprint density at radius 3 is 2.81 bits per heavy atom. The van der Waals surface area contributed by atoms with Crippen molar-refractivity contribution in [1.82, 2.24) is 10.6 Å². The Kier molecular flexibility index (Phi) is 5.59. The van der Waals surface area contributed by atoms with Crippen molar-refractivity contribution in [3.05, 3.63) is 0 Å². The SMILES string of the molecule is C1CNCC(CCNCCC2CCCO2)C1. The molecule has 3 heteroatoms. The molecule has 2 unspecified atom stereocenters. The molecule has 0 radical (unpaired) electrons. The van der Waals surface area contributed by atoms with E-state index in [2.05, 4.69) is 10.6 Å². The molecule has 94 valence electrons. The van der Waals surface area contributed by atoms with Crippen LogP contribution in [0.5, 0.6) is 0 Å². The van der Waals surface area contributed by atoms with E-state index in [4.69, 9.17) is 4.74 Å². The molecule has 0 aliphatic carbocycles. The molecule has 2 heterocycles. The average Bonchev–Trinajstić information content (AvgIpc) is 2.83. The Morgan fingerprint density at radius 1 is 1.12 bits per heavy atom. The van der Waals surface area contributed by atoms with Crippen molar-refractivity contribution in [2.24, 2.45) is 5.92 Å². The molecule has 0 aromatic rings. The van der Waals surface area contributed by atoms with Crippen LogP contribution in [0.1, 0.15) is 38.5 Å². The van der Waals surface area contributed by atoms with Crippen molar-refractivity contribution < 1.29 is 4.74 Å². The molecule has 2 fully saturated rings. The lowest BCUT2D eigenvalue weighted by molar-refractivity contribution is 0.104. The Morgan fingerprint density at radius 2 is 2.06 bits per heavy atom. The normalized spacial score (nSPS) is 30.8. The zero-order chi connectivity index (χ0) is 11.1. The molecule has 3 nitrogen and oxygen atoms in total. The summed E-state index contributed by atoms with van der Waals surface area (Å²) in [5, 5.41) is 7.02. The van der Waals surface area contributed by atoms with Gasteiger partial charge in [0.2, 0.25) is 0 Å². The quantitative estimate of drug-likeness (QED) is 0.674. The fourth-order valence-electron chi connectivity index (χ4n) is 2.74. The van der Waals surface area contributed by atoms with Gasteiger partial charge in [-0.1, -0.05) is 0 Å². The topological polar surface area (TPSA) is 33.3 Å². The molecule has 2 aliphatic rings. The third-order valence-electron chi connectivity index (χ3n) is 3.80. The lowest BCUT2D eigenvalue weighted by Crippen LogP contribution is -2.32. The third kappa shape index (κ3) is 4.40. The van der Waals surface area contributed by atoms with Crippen molar-refractivity contribution in [2.45, 2.75) is 44.6 Å². The van der Waals surface area contributed by atoms with Gasteiger partial charge in [0.05, 0.1) is 6.10 Å². The Bertz CT molecular complexity index is 175. The molecular weight excluding hydrogens is 200 g/mol. The zero-order valence-corrected chi connectivity index (χ0v) is 10.3. The minimum Gasteiger partial charge on any atom is -0.378 e. The molecule has 0 aromatic heterocycles. The fraction of sp³-hybridized carbons (Fsp3) is 1.00. The Labute approximate surface area is 99.3 Å². The van der Waals surface area contributed by atoms with Gasteiger partial charge in [0.1, 0.15) is 0 Å². The molecule has 0 aromatic carbocycles. The maximum Gasteiger partial charge on any atom is 0.0588 e. The van der Waals surface area contributed by atoms with Crippen LogP contribution in [0.3, 0.4) is 0 Å². The van der Waals surface area contributed by atoms with Crippen LogP contribution in [0, 0.1) is 5.92 Å². The summed E-state index contributed by atoms with van der Waals surface area (Å²) in [7, 11) is 0. The van der Waals surface area contributed by atoms with Crippen molar-refractivity contribution >= 4 is 0 Å². The first-order valence-corrected chi connectivity index (χ1v) is 6.98. The lowest BCUT2D eigenvalue weighted by atomic mass is 9.96. The van der Waals surface area contributed by atoms with Gasteiger partial charge in [-0.25, -0.2) is 0 Å². The number of hydrogen-bond donors (Lipinski definition) is 2. The Balaban J connectivity index is 1.42. The monoisotopic (exact) mass is 226 g/mol. The predicted molar refractivity (Wildman–Crippen MR) is 66.7 cm³/mol. The first-order valence-electron chi connectivity index (χ1n) is 6.98. The van der Waals surface area contributed by atoms with E-state index in [1.54, 1.807) is 0 Å². The van der Waals surface area contributed by atoms with Crippen molar-refractivity contribution in [2.75, 3.05) is 32.8 Å². The summed E-state index contributed by atoms with van der Waals surface area (Å²) in [5.74, 6) is 0.906. The minimum atomic E-state index is 0.545. The molecule has 0 bridgehead atoms. The number of rotatable bonds is 6.